The number of hydrogen-bond donors (Lipinski definition) is 1. The maximum atomic E-state index is 13.7. The molecule has 0 radical (unpaired) electrons. The van der Waals surface area contributed by atoms with Gasteiger partial charge in [0.1, 0.15) is 16.1 Å². The number of hydrogen-bond acceptors (Lipinski definition) is 8. The van der Waals surface area contributed by atoms with Gasteiger partial charge in [0.15, 0.2) is 23.9 Å². The van der Waals surface area contributed by atoms with Gasteiger partial charge in [-0.3, -0.25) is 9.69 Å². The van der Waals surface area contributed by atoms with E-state index in [1.165, 1.54) is 32.3 Å². The monoisotopic (exact) mass is 787 g/mol. The van der Waals surface area contributed by atoms with Gasteiger partial charge in [-0.15, -0.1) is 0 Å². The second-order valence-corrected chi connectivity index (χ2v) is 15.9. The molecule has 1 N–H and O–H groups in total. The number of rotatable bonds is 13. The molecule has 8 rings (SSSR count). The van der Waals surface area contributed by atoms with Crippen molar-refractivity contribution in [2.24, 2.45) is 11.8 Å². The molecule has 290 valence electrons. The number of aromatic nitrogens is 1. The first-order chi connectivity index (χ1) is 26.6. The number of benzene rings is 3. The standard InChI is InChI=1S/C43H47Cl2N3O7/c1-53-38-13-12-31(22-40(38)54-2)39(23-33-35(44)26-48(52)27-36(33)45)55-41(49)30-10-8-28(9-11-30)14-20-47-21-17-43(42(50)51,32-6-4-3-5-7-32)24-37(47)34-25-46-18-15-29(34)16-19-46/h3-13,22,26-27,29,34,37,39H,14-21,23-25H2,1-2H3,(H,50,51)/t34-,37?,39-,43?/m0/s1. The molecule has 10 nitrogen and oxygen atoms in total. The molecular formula is C43H47Cl2N3O7. The molecule has 0 saturated carbocycles. The van der Waals surface area contributed by atoms with Crippen molar-refractivity contribution in [1.29, 1.82) is 0 Å². The first-order valence-electron chi connectivity index (χ1n) is 18.9. The first kappa shape index (κ1) is 38.9. The highest BCUT2D eigenvalue weighted by Gasteiger charge is 2.51. The van der Waals surface area contributed by atoms with Crippen LogP contribution in [0.5, 0.6) is 11.5 Å². The van der Waals surface area contributed by atoms with Crippen molar-refractivity contribution in [1.82, 2.24) is 9.80 Å². The fourth-order valence-electron chi connectivity index (χ4n) is 9.04. The van der Waals surface area contributed by atoms with Gasteiger partial charge in [-0.25, -0.2) is 4.79 Å². The largest absolute Gasteiger partial charge is 0.619 e. The van der Waals surface area contributed by atoms with Gasteiger partial charge in [0.05, 0.1) is 25.2 Å². The average Bonchev–Trinajstić information content (AvgIpc) is 3.21. The summed E-state index contributed by atoms with van der Waals surface area (Å²) in [5.41, 5.74) is 2.56. The van der Waals surface area contributed by atoms with Gasteiger partial charge in [-0.2, -0.15) is 4.73 Å². The van der Waals surface area contributed by atoms with Gasteiger partial charge in [0.25, 0.3) is 0 Å². The Hall–Kier alpha value is -4.35. The lowest BCUT2D eigenvalue weighted by molar-refractivity contribution is -0.605. The van der Waals surface area contributed by atoms with Crippen LogP contribution >= 0.6 is 23.2 Å². The quantitative estimate of drug-likeness (QED) is 0.0857. The Morgan fingerprint density at radius 3 is 2.25 bits per heavy atom. The summed E-state index contributed by atoms with van der Waals surface area (Å²) in [5.74, 6) is 0.771. The summed E-state index contributed by atoms with van der Waals surface area (Å²) in [6.07, 6.45) is 6.00. The maximum absolute atomic E-state index is 13.7. The number of carboxylic acids is 1. The smallest absolute Gasteiger partial charge is 0.338 e. The number of methoxy groups -OCH3 is 2. The molecule has 55 heavy (non-hydrogen) atoms. The van der Waals surface area contributed by atoms with Crippen LogP contribution in [0, 0.1) is 17.0 Å². The van der Waals surface area contributed by atoms with Crippen LogP contribution in [0.3, 0.4) is 0 Å². The van der Waals surface area contributed by atoms with E-state index in [0.717, 1.165) is 43.7 Å². The molecule has 0 amide bonds. The Labute approximate surface area is 332 Å². The van der Waals surface area contributed by atoms with E-state index in [2.05, 4.69) is 9.80 Å². The highest BCUT2D eigenvalue weighted by atomic mass is 35.5. The first-order valence-corrected chi connectivity index (χ1v) is 19.7. The van der Waals surface area contributed by atoms with Gasteiger partial charge >= 0.3 is 11.9 Å². The Balaban J connectivity index is 1.07. The number of carbonyl (C=O) groups excluding carboxylic acids is 1. The fraction of sp³-hybridized carbons (Fsp3) is 0.419. The van der Waals surface area contributed by atoms with Crippen molar-refractivity contribution in [3.05, 3.63) is 128 Å². The zero-order valence-electron chi connectivity index (χ0n) is 31.2. The summed E-state index contributed by atoms with van der Waals surface area (Å²) in [7, 11) is 3.07. The van der Waals surface area contributed by atoms with Crippen LogP contribution in [0.15, 0.2) is 85.2 Å². The number of nitrogens with zero attached hydrogens (tertiary/aromatic N) is 3. The second kappa shape index (κ2) is 16.8. The maximum Gasteiger partial charge on any atom is 0.338 e. The lowest BCUT2D eigenvalue weighted by Crippen LogP contribution is -2.61. The minimum Gasteiger partial charge on any atom is -0.619 e. The number of piperidine rings is 4. The Morgan fingerprint density at radius 1 is 0.945 bits per heavy atom. The van der Waals surface area contributed by atoms with E-state index in [0.29, 0.717) is 64.1 Å². The molecular weight excluding hydrogens is 741 g/mol. The lowest BCUT2D eigenvalue weighted by Gasteiger charge is -2.54. The zero-order chi connectivity index (χ0) is 38.7. The number of carboxylic acid groups (broad SMARTS) is 1. The number of halogens is 2. The van der Waals surface area contributed by atoms with Crippen LogP contribution in [0.1, 0.15) is 64.4 Å². The average molecular weight is 789 g/mol. The SMILES string of the molecule is COc1ccc([C@H](Cc2c(Cl)c[n+]([O-])cc2Cl)OC(=O)c2ccc(CCN3CCC(C(=O)O)(c4ccccc4)CC3[C@H]3CN4CCC3CC4)cc2)cc1OC. The van der Waals surface area contributed by atoms with Gasteiger partial charge in [-0.05, 0) is 105 Å². The molecule has 2 bridgehead atoms. The lowest BCUT2D eigenvalue weighted by atomic mass is 9.64. The fourth-order valence-corrected chi connectivity index (χ4v) is 9.64. The number of carbonyl (C=O) groups is 2. The normalized spacial score (nSPS) is 24.2. The van der Waals surface area contributed by atoms with Gasteiger partial charge < -0.3 is 29.4 Å². The summed E-state index contributed by atoms with van der Waals surface area (Å²) >= 11 is 12.9. The molecule has 4 atom stereocenters. The number of pyridine rings is 1. The number of aliphatic carboxylic acids is 1. The summed E-state index contributed by atoms with van der Waals surface area (Å²) in [6.45, 7) is 4.80. The topological polar surface area (TPSA) is 115 Å². The highest BCUT2D eigenvalue weighted by Crippen LogP contribution is 2.45. The molecule has 1 aromatic heterocycles. The molecule has 3 aromatic carbocycles. The second-order valence-electron chi connectivity index (χ2n) is 15.1. The predicted octanol–water partition coefficient (Wildman–Crippen LogP) is 7.16. The highest BCUT2D eigenvalue weighted by molar-refractivity contribution is 6.35. The molecule has 12 heteroatoms. The van der Waals surface area contributed by atoms with E-state index in [9.17, 15) is 19.9 Å². The van der Waals surface area contributed by atoms with Gasteiger partial charge in [-0.1, -0.05) is 71.7 Å². The Kier molecular flexibility index (Phi) is 11.9. The summed E-state index contributed by atoms with van der Waals surface area (Å²) in [6, 6.07) is 22.7. The van der Waals surface area contributed by atoms with E-state index >= 15 is 0 Å². The van der Waals surface area contributed by atoms with Crippen LogP contribution in [-0.2, 0) is 27.8 Å². The molecule has 4 aliphatic heterocycles. The molecule has 4 saturated heterocycles. The van der Waals surface area contributed by atoms with Crippen molar-refractivity contribution < 1.29 is 33.6 Å². The number of likely N-dealkylation sites (tertiary alicyclic amines) is 1. The van der Waals surface area contributed by atoms with E-state index in [4.69, 9.17) is 37.4 Å². The third-order valence-electron chi connectivity index (χ3n) is 12.1. The minimum absolute atomic E-state index is 0.113. The number of esters is 1. The van der Waals surface area contributed by atoms with E-state index in [1.807, 2.05) is 42.5 Å². The van der Waals surface area contributed by atoms with Crippen molar-refractivity contribution in [2.45, 2.75) is 56.1 Å². The van der Waals surface area contributed by atoms with Gasteiger partial charge in [0, 0.05) is 31.1 Å². The van der Waals surface area contributed by atoms with Crippen LogP contribution in [0.25, 0.3) is 0 Å². The van der Waals surface area contributed by atoms with Crippen LogP contribution < -0.4 is 14.2 Å². The van der Waals surface area contributed by atoms with Crippen LogP contribution in [0.4, 0.5) is 0 Å². The van der Waals surface area contributed by atoms with Crippen LogP contribution in [-0.4, -0.2) is 79.8 Å². The summed E-state index contributed by atoms with van der Waals surface area (Å²) < 4.78 is 17.6. The van der Waals surface area contributed by atoms with Crippen LogP contribution in [0.2, 0.25) is 10.0 Å². The molecule has 0 spiro atoms. The van der Waals surface area contributed by atoms with Crippen molar-refractivity contribution in [3.63, 3.8) is 0 Å². The summed E-state index contributed by atoms with van der Waals surface area (Å²) in [5, 5.41) is 23.0. The minimum atomic E-state index is -0.902. The van der Waals surface area contributed by atoms with Crippen molar-refractivity contribution >= 4 is 35.1 Å². The zero-order valence-corrected chi connectivity index (χ0v) is 32.7. The molecule has 2 unspecified atom stereocenters. The van der Waals surface area contributed by atoms with Gasteiger partial charge in [0.2, 0.25) is 0 Å². The Bertz CT molecular complexity index is 1970. The number of ether oxygens (including phenoxy) is 3. The molecule has 4 aromatic rings. The molecule has 0 aliphatic carbocycles. The summed E-state index contributed by atoms with van der Waals surface area (Å²) in [4.78, 5) is 31.9. The molecule has 4 fully saturated rings. The van der Waals surface area contributed by atoms with Crippen molar-refractivity contribution in [2.75, 3.05) is 46.9 Å². The molecule has 4 aliphatic rings. The van der Waals surface area contributed by atoms with E-state index < -0.39 is 23.5 Å². The third kappa shape index (κ3) is 8.28. The molecule has 5 heterocycles. The van der Waals surface area contributed by atoms with E-state index in [-0.39, 0.29) is 22.5 Å². The number of fused-ring (bicyclic) bond motifs is 3. The van der Waals surface area contributed by atoms with Crippen molar-refractivity contribution in [3.8, 4) is 11.5 Å². The Morgan fingerprint density at radius 2 is 1.64 bits per heavy atom. The third-order valence-corrected chi connectivity index (χ3v) is 12.8. The van der Waals surface area contributed by atoms with E-state index in [1.54, 1.807) is 37.4 Å². The predicted molar refractivity (Wildman–Crippen MR) is 210 cm³/mol.